The highest BCUT2D eigenvalue weighted by Crippen LogP contribution is 2.24. The highest BCUT2D eigenvalue weighted by molar-refractivity contribution is 7.98. The van der Waals surface area contributed by atoms with Gasteiger partial charge in [-0.15, -0.1) is 0 Å². The van der Waals surface area contributed by atoms with Gasteiger partial charge in [-0.05, 0) is 19.1 Å². The number of nitrogens with one attached hydrogen (secondary N) is 1. The number of esters is 1. The number of pyridine rings is 1. The van der Waals surface area contributed by atoms with E-state index in [9.17, 15) is 14.4 Å². The molecule has 2 aromatic heterocycles. The Morgan fingerprint density at radius 1 is 1.37 bits per heavy atom. The van der Waals surface area contributed by atoms with Crippen molar-refractivity contribution in [1.82, 2.24) is 20.4 Å². The molecule has 1 N–H and O–H groups in total. The molecule has 0 unspecified atom stereocenters. The van der Waals surface area contributed by atoms with Gasteiger partial charge in [0.15, 0.2) is 6.61 Å². The molecule has 9 nitrogen and oxygen atoms in total. The molecule has 0 saturated carbocycles. The fourth-order valence-electron chi connectivity index (χ4n) is 1.99. The zero-order chi connectivity index (χ0) is 19.8. The largest absolute Gasteiger partial charge is 0.452 e. The maximum absolute atomic E-state index is 12.3. The first-order chi connectivity index (χ1) is 12.9. The molecule has 0 fully saturated rings. The van der Waals surface area contributed by atoms with Crippen LogP contribution >= 0.6 is 11.8 Å². The summed E-state index contributed by atoms with van der Waals surface area (Å²) < 4.78 is 10.1. The van der Waals surface area contributed by atoms with E-state index >= 15 is 0 Å². The fraction of sp³-hybridized carbons (Fsp3) is 0.353. The van der Waals surface area contributed by atoms with Crippen LogP contribution in [0.4, 0.5) is 0 Å². The van der Waals surface area contributed by atoms with Crippen molar-refractivity contribution in [1.29, 1.82) is 0 Å². The molecular weight excluding hydrogens is 372 g/mol. The van der Waals surface area contributed by atoms with Crippen LogP contribution in [0.25, 0.3) is 0 Å². The molecule has 0 atom stereocenters. The number of nitrogens with zero attached hydrogens (tertiary/aromatic N) is 3. The Morgan fingerprint density at radius 2 is 2.15 bits per heavy atom. The molecule has 0 spiro atoms. The van der Waals surface area contributed by atoms with E-state index in [4.69, 9.17) is 9.26 Å². The highest BCUT2D eigenvalue weighted by atomic mass is 32.2. The molecule has 2 rings (SSSR count). The first-order valence-electron chi connectivity index (χ1n) is 8.02. The summed E-state index contributed by atoms with van der Waals surface area (Å²) in [6.45, 7) is 1.22. The molecule has 144 valence electrons. The summed E-state index contributed by atoms with van der Waals surface area (Å²) in [6, 6.07) is 4.99. The molecule has 0 aliphatic carbocycles. The Bertz CT molecular complexity index is 823. The summed E-state index contributed by atoms with van der Waals surface area (Å²) in [4.78, 5) is 40.9. The Labute approximate surface area is 160 Å². The van der Waals surface area contributed by atoms with Gasteiger partial charge in [0.05, 0.1) is 17.8 Å². The molecule has 2 aromatic rings. The molecule has 2 amide bonds. The minimum atomic E-state index is -0.663. The lowest BCUT2D eigenvalue weighted by Crippen LogP contribution is -2.39. The topological polar surface area (TPSA) is 115 Å². The van der Waals surface area contributed by atoms with Crippen LogP contribution in [0.5, 0.6) is 0 Å². The van der Waals surface area contributed by atoms with Gasteiger partial charge >= 0.3 is 5.97 Å². The number of ether oxygens (including phenoxy) is 1. The molecule has 0 bridgehead atoms. The second-order valence-corrected chi connectivity index (χ2v) is 6.54. The molecule has 0 aliphatic rings. The van der Waals surface area contributed by atoms with Crippen molar-refractivity contribution in [3.05, 3.63) is 41.4 Å². The molecule has 0 radical (unpaired) electrons. The third-order valence-electron chi connectivity index (χ3n) is 3.44. The maximum atomic E-state index is 12.3. The van der Waals surface area contributed by atoms with Crippen LogP contribution < -0.4 is 5.32 Å². The van der Waals surface area contributed by atoms with Gasteiger partial charge in [-0.25, -0.2) is 9.78 Å². The van der Waals surface area contributed by atoms with Gasteiger partial charge < -0.3 is 19.5 Å². The zero-order valence-corrected chi connectivity index (χ0v) is 16.0. The number of hydrogen-bond donors (Lipinski definition) is 1. The number of rotatable bonds is 8. The molecule has 27 heavy (non-hydrogen) atoms. The predicted octanol–water partition coefficient (Wildman–Crippen LogP) is 1.03. The zero-order valence-electron chi connectivity index (χ0n) is 15.2. The second-order valence-electron chi connectivity index (χ2n) is 5.57. The molecular formula is C17H20N4O5S. The minimum Gasteiger partial charge on any atom is -0.452 e. The average molecular weight is 392 g/mol. The molecule has 2 heterocycles. The van der Waals surface area contributed by atoms with Gasteiger partial charge in [0.2, 0.25) is 5.91 Å². The van der Waals surface area contributed by atoms with Gasteiger partial charge in [-0.1, -0.05) is 16.9 Å². The van der Waals surface area contributed by atoms with Crippen LogP contribution in [-0.4, -0.2) is 60.1 Å². The Hall–Kier alpha value is -2.88. The van der Waals surface area contributed by atoms with Crippen LogP contribution in [0.3, 0.4) is 0 Å². The van der Waals surface area contributed by atoms with Crippen LogP contribution in [0.1, 0.15) is 21.8 Å². The number of amides is 2. The molecule has 0 aromatic carbocycles. The number of thioether (sulfide) groups is 1. The maximum Gasteiger partial charge on any atom is 0.341 e. The summed E-state index contributed by atoms with van der Waals surface area (Å²) in [7, 11) is 2.93. The van der Waals surface area contributed by atoms with Gasteiger partial charge in [0, 0.05) is 32.1 Å². The van der Waals surface area contributed by atoms with E-state index in [1.54, 1.807) is 31.3 Å². The number of hydrogen-bond acceptors (Lipinski definition) is 8. The summed E-state index contributed by atoms with van der Waals surface area (Å²) in [5.41, 5.74) is 0.984. The third kappa shape index (κ3) is 6.10. The van der Waals surface area contributed by atoms with E-state index < -0.39 is 18.5 Å². The summed E-state index contributed by atoms with van der Waals surface area (Å²) in [5.74, 6) is -0.286. The number of aromatic nitrogens is 2. The lowest BCUT2D eigenvalue weighted by atomic mass is 10.3. The minimum absolute atomic E-state index is 0.113. The predicted molar refractivity (Wildman–Crippen MR) is 97.0 cm³/mol. The Kier molecular flexibility index (Phi) is 7.35. The van der Waals surface area contributed by atoms with Crippen LogP contribution in [-0.2, 0) is 20.1 Å². The fourth-order valence-corrected chi connectivity index (χ4v) is 2.85. The van der Waals surface area contributed by atoms with E-state index in [0.29, 0.717) is 16.5 Å². The van der Waals surface area contributed by atoms with Crippen LogP contribution in [0.15, 0.2) is 33.9 Å². The van der Waals surface area contributed by atoms with Crippen molar-refractivity contribution < 1.29 is 23.6 Å². The first-order valence-corrected chi connectivity index (χ1v) is 9.01. The van der Waals surface area contributed by atoms with Gasteiger partial charge in [0.25, 0.3) is 5.91 Å². The van der Waals surface area contributed by atoms with E-state index in [1.165, 1.54) is 30.8 Å². The normalized spacial score (nSPS) is 10.3. The van der Waals surface area contributed by atoms with Crippen molar-refractivity contribution in [2.45, 2.75) is 17.7 Å². The van der Waals surface area contributed by atoms with Crippen molar-refractivity contribution >= 4 is 29.5 Å². The number of aryl methyl sites for hydroxylation is 1. The third-order valence-corrected chi connectivity index (χ3v) is 4.48. The van der Waals surface area contributed by atoms with Crippen molar-refractivity contribution in [2.75, 3.05) is 27.2 Å². The van der Waals surface area contributed by atoms with E-state index in [-0.39, 0.29) is 18.0 Å². The molecule has 0 saturated heterocycles. The van der Waals surface area contributed by atoms with Crippen molar-refractivity contribution in [3.8, 4) is 0 Å². The number of carbonyl (C=O) groups is 3. The monoisotopic (exact) mass is 392 g/mol. The quantitative estimate of drug-likeness (QED) is 0.523. The Balaban J connectivity index is 1.94. The average Bonchev–Trinajstić information content (AvgIpc) is 3.09. The summed E-state index contributed by atoms with van der Waals surface area (Å²) in [5, 5.41) is 6.77. The second kappa shape index (κ2) is 9.72. The SMILES string of the molecule is CNC(=O)CN(C)C(=O)COC(=O)c1cccnc1SCc1cc(C)on1. The van der Waals surface area contributed by atoms with Crippen LogP contribution in [0.2, 0.25) is 0 Å². The standard InChI is InChI=1S/C17H20N4O5S/c1-11-7-12(20-26-11)10-27-16-13(5-4-6-19-16)17(24)25-9-15(23)21(3)8-14(22)18-2/h4-7H,8-10H2,1-3H3,(H,18,22). The van der Waals surface area contributed by atoms with Crippen molar-refractivity contribution in [2.24, 2.45) is 0 Å². The molecule has 10 heteroatoms. The van der Waals surface area contributed by atoms with Crippen LogP contribution in [0, 0.1) is 6.92 Å². The van der Waals surface area contributed by atoms with Gasteiger partial charge in [0.1, 0.15) is 10.8 Å². The van der Waals surface area contributed by atoms with Gasteiger partial charge in [-0.3, -0.25) is 9.59 Å². The van der Waals surface area contributed by atoms with Crippen molar-refractivity contribution in [3.63, 3.8) is 0 Å². The molecule has 0 aliphatic heterocycles. The first kappa shape index (κ1) is 20.4. The van der Waals surface area contributed by atoms with E-state index in [1.807, 2.05) is 0 Å². The van der Waals surface area contributed by atoms with E-state index in [2.05, 4.69) is 15.5 Å². The number of carbonyl (C=O) groups excluding carboxylic acids is 3. The highest BCUT2D eigenvalue weighted by Gasteiger charge is 2.18. The summed E-state index contributed by atoms with van der Waals surface area (Å²) >= 11 is 1.31. The smallest absolute Gasteiger partial charge is 0.341 e. The number of likely N-dealkylation sites (N-methyl/N-ethyl adjacent to an activating group) is 2. The Morgan fingerprint density at radius 3 is 2.81 bits per heavy atom. The van der Waals surface area contributed by atoms with E-state index in [0.717, 1.165) is 5.69 Å². The lowest BCUT2D eigenvalue weighted by Gasteiger charge is -2.16. The summed E-state index contributed by atoms with van der Waals surface area (Å²) in [6.07, 6.45) is 1.56. The lowest BCUT2D eigenvalue weighted by molar-refractivity contribution is -0.137. The van der Waals surface area contributed by atoms with Gasteiger partial charge in [-0.2, -0.15) is 0 Å².